The number of anilines is 1. The SMILES string of the molecule is C[C@@H](SCC(=O)Nc1cccc(S(N)(=O)=O)c1)c1nc2ccccc2[nH]1. The molecule has 0 saturated carbocycles. The second kappa shape index (κ2) is 7.48. The lowest BCUT2D eigenvalue weighted by Crippen LogP contribution is -2.16. The molecule has 0 aliphatic heterocycles. The number of benzene rings is 2. The Morgan fingerprint density at radius 2 is 2.04 bits per heavy atom. The molecule has 0 saturated heterocycles. The van der Waals surface area contributed by atoms with Crippen LogP contribution in [0.25, 0.3) is 11.0 Å². The van der Waals surface area contributed by atoms with Crippen molar-refractivity contribution in [1.82, 2.24) is 9.97 Å². The first-order valence-corrected chi connectivity index (χ1v) is 10.4. The highest BCUT2D eigenvalue weighted by molar-refractivity contribution is 8.00. The van der Waals surface area contributed by atoms with Gasteiger partial charge in [0.05, 0.1) is 26.9 Å². The van der Waals surface area contributed by atoms with Gasteiger partial charge < -0.3 is 10.3 Å². The smallest absolute Gasteiger partial charge is 0.238 e. The molecule has 0 spiro atoms. The third-order valence-corrected chi connectivity index (χ3v) is 5.77. The summed E-state index contributed by atoms with van der Waals surface area (Å²) in [5.74, 6) is 0.780. The monoisotopic (exact) mass is 390 g/mol. The normalized spacial score (nSPS) is 12.8. The van der Waals surface area contributed by atoms with Gasteiger partial charge in [0.2, 0.25) is 15.9 Å². The van der Waals surface area contributed by atoms with Gasteiger partial charge in [-0.15, -0.1) is 11.8 Å². The van der Waals surface area contributed by atoms with Gasteiger partial charge in [-0.1, -0.05) is 18.2 Å². The highest BCUT2D eigenvalue weighted by atomic mass is 32.2. The van der Waals surface area contributed by atoms with E-state index in [1.54, 1.807) is 6.07 Å². The number of aromatic nitrogens is 2. The van der Waals surface area contributed by atoms with Crippen molar-refractivity contribution >= 4 is 44.4 Å². The van der Waals surface area contributed by atoms with E-state index < -0.39 is 10.0 Å². The van der Waals surface area contributed by atoms with E-state index in [1.807, 2.05) is 31.2 Å². The molecular formula is C17H18N4O3S2. The van der Waals surface area contributed by atoms with Gasteiger partial charge in [-0.2, -0.15) is 0 Å². The maximum absolute atomic E-state index is 12.1. The maximum atomic E-state index is 12.1. The van der Waals surface area contributed by atoms with Crippen LogP contribution in [-0.4, -0.2) is 30.0 Å². The summed E-state index contributed by atoms with van der Waals surface area (Å²) in [6.07, 6.45) is 0. The summed E-state index contributed by atoms with van der Waals surface area (Å²) in [4.78, 5) is 19.9. The quantitative estimate of drug-likeness (QED) is 0.598. The van der Waals surface area contributed by atoms with Crippen molar-refractivity contribution < 1.29 is 13.2 Å². The first-order valence-electron chi connectivity index (χ1n) is 7.82. The second-order valence-electron chi connectivity index (χ2n) is 5.71. The Bertz CT molecular complexity index is 1010. The molecule has 0 bridgehead atoms. The molecule has 4 N–H and O–H groups in total. The maximum Gasteiger partial charge on any atom is 0.238 e. The van der Waals surface area contributed by atoms with Crippen LogP contribution in [0.4, 0.5) is 5.69 Å². The number of nitrogens with one attached hydrogen (secondary N) is 2. The molecule has 0 unspecified atom stereocenters. The van der Waals surface area contributed by atoms with Crippen LogP contribution in [0.5, 0.6) is 0 Å². The molecule has 7 nitrogen and oxygen atoms in total. The van der Waals surface area contributed by atoms with Gasteiger partial charge in [-0.25, -0.2) is 18.5 Å². The van der Waals surface area contributed by atoms with Crippen molar-refractivity contribution in [2.24, 2.45) is 5.14 Å². The van der Waals surface area contributed by atoms with Crippen LogP contribution in [0.15, 0.2) is 53.4 Å². The number of hydrogen-bond acceptors (Lipinski definition) is 5. The average Bonchev–Trinajstić information content (AvgIpc) is 3.03. The minimum Gasteiger partial charge on any atom is -0.341 e. The molecule has 136 valence electrons. The summed E-state index contributed by atoms with van der Waals surface area (Å²) >= 11 is 1.43. The number of rotatable bonds is 6. The van der Waals surface area contributed by atoms with E-state index in [-0.39, 0.29) is 21.8 Å². The highest BCUT2D eigenvalue weighted by Gasteiger charge is 2.14. The van der Waals surface area contributed by atoms with E-state index in [2.05, 4.69) is 15.3 Å². The number of nitrogens with two attached hydrogens (primary N) is 1. The zero-order valence-electron chi connectivity index (χ0n) is 14.0. The summed E-state index contributed by atoms with van der Waals surface area (Å²) in [5, 5.41) is 7.78. The van der Waals surface area contributed by atoms with Crippen molar-refractivity contribution in [2.45, 2.75) is 17.1 Å². The zero-order valence-corrected chi connectivity index (χ0v) is 15.6. The number of fused-ring (bicyclic) bond motifs is 1. The number of imidazole rings is 1. The lowest BCUT2D eigenvalue weighted by Gasteiger charge is -2.09. The van der Waals surface area contributed by atoms with Crippen molar-refractivity contribution in [3.8, 4) is 0 Å². The Labute approximate surface area is 155 Å². The van der Waals surface area contributed by atoms with Gasteiger partial charge >= 0.3 is 0 Å². The number of carbonyl (C=O) groups excluding carboxylic acids is 1. The second-order valence-corrected chi connectivity index (χ2v) is 8.60. The Hall–Kier alpha value is -2.36. The number of amides is 1. The van der Waals surface area contributed by atoms with Crippen molar-refractivity contribution in [3.05, 3.63) is 54.4 Å². The third-order valence-electron chi connectivity index (χ3n) is 3.70. The molecule has 1 aromatic heterocycles. The van der Waals surface area contributed by atoms with Gasteiger partial charge in [0.15, 0.2) is 0 Å². The van der Waals surface area contributed by atoms with Crippen LogP contribution >= 0.6 is 11.8 Å². The topological polar surface area (TPSA) is 118 Å². The Morgan fingerprint density at radius 1 is 1.27 bits per heavy atom. The molecule has 1 amide bonds. The molecular weight excluding hydrogens is 372 g/mol. The first kappa shape index (κ1) is 18.4. The number of nitrogens with zero attached hydrogens (tertiary/aromatic N) is 1. The molecule has 1 atom stereocenters. The fourth-order valence-corrected chi connectivity index (χ4v) is 3.70. The third kappa shape index (κ3) is 4.43. The van der Waals surface area contributed by atoms with Crippen LogP contribution in [0.1, 0.15) is 18.0 Å². The number of hydrogen-bond donors (Lipinski definition) is 3. The molecule has 3 aromatic rings. The summed E-state index contributed by atoms with van der Waals surface area (Å²) < 4.78 is 22.7. The van der Waals surface area contributed by atoms with Crippen LogP contribution < -0.4 is 10.5 Å². The zero-order chi connectivity index (χ0) is 18.7. The molecule has 9 heteroatoms. The van der Waals surface area contributed by atoms with E-state index >= 15 is 0 Å². The number of primary sulfonamides is 1. The number of aromatic amines is 1. The van der Waals surface area contributed by atoms with Gasteiger partial charge in [0.25, 0.3) is 0 Å². The molecule has 3 rings (SSSR count). The van der Waals surface area contributed by atoms with Gasteiger partial charge in [0, 0.05) is 5.69 Å². The summed E-state index contributed by atoms with van der Waals surface area (Å²) in [5.41, 5.74) is 2.23. The first-order chi connectivity index (χ1) is 12.3. The minimum atomic E-state index is -3.80. The lowest BCUT2D eigenvalue weighted by atomic mass is 10.3. The highest BCUT2D eigenvalue weighted by Crippen LogP contribution is 2.27. The fraction of sp³-hybridized carbons (Fsp3) is 0.176. The van der Waals surface area contributed by atoms with Crippen molar-refractivity contribution in [2.75, 3.05) is 11.1 Å². The van der Waals surface area contributed by atoms with Crippen LogP contribution in [-0.2, 0) is 14.8 Å². The van der Waals surface area contributed by atoms with E-state index in [4.69, 9.17) is 5.14 Å². The summed E-state index contributed by atoms with van der Waals surface area (Å²) in [6, 6.07) is 13.6. The summed E-state index contributed by atoms with van der Waals surface area (Å²) in [6.45, 7) is 1.97. The largest absolute Gasteiger partial charge is 0.341 e. The van der Waals surface area contributed by atoms with Crippen molar-refractivity contribution in [1.29, 1.82) is 0 Å². The lowest BCUT2D eigenvalue weighted by molar-refractivity contribution is -0.113. The number of H-pyrrole nitrogens is 1. The number of para-hydroxylation sites is 2. The van der Waals surface area contributed by atoms with E-state index in [0.29, 0.717) is 5.69 Å². The van der Waals surface area contributed by atoms with Crippen LogP contribution in [0, 0.1) is 0 Å². The van der Waals surface area contributed by atoms with Gasteiger partial charge in [0.1, 0.15) is 5.82 Å². The Balaban J connectivity index is 1.60. The molecule has 2 aromatic carbocycles. The number of carbonyl (C=O) groups is 1. The minimum absolute atomic E-state index is 0.00361. The number of thioether (sulfide) groups is 1. The molecule has 0 fully saturated rings. The Kier molecular flexibility index (Phi) is 5.30. The molecule has 1 heterocycles. The summed E-state index contributed by atoms with van der Waals surface area (Å²) in [7, 11) is -3.80. The van der Waals surface area contributed by atoms with E-state index in [0.717, 1.165) is 16.9 Å². The molecule has 0 radical (unpaired) electrons. The predicted molar refractivity (Wildman–Crippen MR) is 103 cm³/mol. The average molecular weight is 390 g/mol. The molecule has 0 aliphatic rings. The fourth-order valence-electron chi connectivity index (χ4n) is 2.39. The van der Waals surface area contributed by atoms with Gasteiger partial charge in [-0.05, 0) is 37.3 Å². The van der Waals surface area contributed by atoms with Gasteiger partial charge in [-0.3, -0.25) is 4.79 Å². The molecule has 26 heavy (non-hydrogen) atoms. The predicted octanol–water partition coefficient (Wildman–Crippen LogP) is 2.64. The van der Waals surface area contributed by atoms with E-state index in [9.17, 15) is 13.2 Å². The van der Waals surface area contributed by atoms with Crippen LogP contribution in [0.3, 0.4) is 0 Å². The van der Waals surface area contributed by atoms with Crippen molar-refractivity contribution in [3.63, 3.8) is 0 Å². The van der Waals surface area contributed by atoms with Crippen LogP contribution in [0.2, 0.25) is 0 Å². The molecule has 0 aliphatic carbocycles. The van der Waals surface area contributed by atoms with E-state index in [1.165, 1.54) is 30.0 Å². The Morgan fingerprint density at radius 3 is 2.77 bits per heavy atom. The number of sulfonamides is 1. The standard InChI is InChI=1S/C17H18N4O3S2/c1-11(17-20-14-7-2-3-8-15(14)21-17)25-10-16(22)19-12-5-4-6-13(9-12)26(18,23)24/h2-9,11H,10H2,1H3,(H,19,22)(H,20,21)(H2,18,23,24)/t11-/m1/s1.